The highest BCUT2D eigenvalue weighted by molar-refractivity contribution is 7.99. The van der Waals surface area contributed by atoms with Crippen LogP contribution in [0, 0.1) is 0 Å². The average molecular weight is 378 g/mol. The number of para-hydroxylation sites is 1. The number of carbonyl (C=O) groups excluding carboxylic acids is 1. The van der Waals surface area contributed by atoms with Crippen molar-refractivity contribution in [2.45, 2.75) is 18.1 Å². The van der Waals surface area contributed by atoms with E-state index in [1.54, 1.807) is 0 Å². The zero-order valence-electron chi connectivity index (χ0n) is 14.8. The molecular formula is C20H18N4O2S. The van der Waals surface area contributed by atoms with Gasteiger partial charge in [-0.25, -0.2) is 4.98 Å². The van der Waals surface area contributed by atoms with E-state index < -0.39 is 0 Å². The molecule has 0 amide bonds. The Morgan fingerprint density at radius 1 is 1.07 bits per heavy atom. The molecule has 2 heterocycles. The number of esters is 1. The Balaban J connectivity index is 1.72. The first kappa shape index (κ1) is 17.5. The van der Waals surface area contributed by atoms with Crippen LogP contribution in [0.1, 0.15) is 5.56 Å². The van der Waals surface area contributed by atoms with Gasteiger partial charge in [0.1, 0.15) is 5.52 Å². The van der Waals surface area contributed by atoms with Gasteiger partial charge in [0.05, 0.1) is 18.4 Å². The third-order valence-electron chi connectivity index (χ3n) is 4.37. The third-order valence-corrected chi connectivity index (χ3v) is 5.18. The fraction of sp³-hybridized carbons (Fsp3) is 0.200. The van der Waals surface area contributed by atoms with Crippen LogP contribution < -0.4 is 0 Å². The zero-order valence-corrected chi connectivity index (χ0v) is 15.6. The number of nitrogens with zero attached hydrogens (tertiary/aromatic N) is 4. The van der Waals surface area contributed by atoms with Gasteiger partial charge in [-0.15, -0.1) is 10.2 Å². The maximum absolute atomic E-state index is 11.4. The van der Waals surface area contributed by atoms with E-state index in [0.717, 1.165) is 35.0 Å². The van der Waals surface area contributed by atoms with Crippen molar-refractivity contribution in [3.05, 3.63) is 60.2 Å². The second-order valence-electron chi connectivity index (χ2n) is 6.04. The van der Waals surface area contributed by atoms with E-state index in [4.69, 9.17) is 0 Å². The molecule has 27 heavy (non-hydrogen) atoms. The first-order chi connectivity index (χ1) is 13.3. The number of ether oxygens (including phenoxy) is 1. The Morgan fingerprint density at radius 3 is 2.67 bits per heavy atom. The molecule has 7 heteroatoms. The van der Waals surface area contributed by atoms with Crippen molar-refractivity contribution >= 4 is 39.8 Å². The second kappa shape index (κ2) is 7.75. The molecule has 6 nitrogen and oxygen atoms in total. The number of rotatable bonds is 6. The van der Waals surface area contributed by atoms with Crippen LogP contribution >= 0.6 is 11.8 Å². The number of carbonyl (C=O) groups is 1. The molecule has 4 rings (SSSR count). The minimum Gasteiger partial charge on any atom is -0.468 e. The predicted octanol–water partition coefficient (Wildman–Crippen LogP) is 3.49. The van der Waals surface area contributed by atoms with Crippen LogP contribution in [-0.2, 0) is 22.5 Å². The molecule has 0 saturated heterocycles. The summed E-state index contributed by atoms with van der Waals surface area (Å²) in [6, 6.07) is 18.5. The van der Waals surface area contributed by atoms with Gasteiger partial charge in [0.25, 0.3) is 0 Å². The van der Waals surface area contributed by atoms with Crippen molar-refractivity contribution in [3.8, 4) is 0 Å². The van der Waals surface area contributed by atoms with Gasteiger partial charge in [0, 0.05) is 11.9 Å². The Morgan fingerprint density at radius 2 is 1.85 bits per heavy atom. The number of hydrogen-bond acceptors (Lipinski definition) is 6. The minimum absolute atomic E-state index is 0.161. The van der Waals surface area contributed by atoms with Crippen molar-refractivity contribution < 1.29 is 9.53 Å². The standard InChI is InChI=1S/C20H18N4O2S/c1-26-17(25)13-27-20-21-19-18(22-23-20)15-9-5-6-10-16(15)24(19)12-11-14-7-3-2-4-8-14/h2-10H,11-13H2,1H3. The zero-order chi connectivity index (χ0) is 18.6. The molecule has 2 aromatic carbocycles. The molecule has 0 N–H and O–H groups in total. The summed E-state index contributed by atoms with van der Waals surface area (Å²) < 4.78 is 6.85. The molecule has 0 saturated carbocycles. The SMILES string of the molecule is COC(=O)CSc1nnc2c3ccccc3n(CCc3ccccc3)c2n1. The van der Waals surface area contributed by atoms with Crippen LogP contribution in [0.4, 0.5) is 0 Å². The van der Waals surface area contributed by atoms with Crippen LogP contribution in [-0.4, -0.2) is 38.6 Å². The molecule has 136 valence electrons. The lowest BCUT2D eigenvalue weighted by Crippen LogP contribution is -2.06. The first-order valence-electron chi connectivity index (χ1n) is 8.61. The summed E-state index contributed by atoms with van der Waals surface area (Å²) >= 11 is 1.23. The molecule has 0 radical (unpaired) electrons. The molecular weight excluding hydrogens is 360 g/mol. The molecule has 0 unspecified atom stereocenters. The van der Waals surface area contributed by atoms with Gasteiger partial charge < -0.3 is 9.30 Å². The van der Waals surface area contributed by atoms with Crippen molar-refractivity contribution in [2.75, 3.05) is 12.9 Å². The van der Waals surface area contributed by atoms with Gasteiger partial charge in [-0.1, -0.05) is 60.3 Å². The van der Waals surface area contributed by atoms with Crippen molar-refractivity contribution in [1.29, 1.82) is 0 Å². The van der Waals surface area contributed by atoms with E-state index >= 15 is 0 Å². The maximum atomic E-state index is 11.4. The number of aromatic nitrogens is 4. The van der Waals surface area contributed by atoms with Crippen molar-refractivity contribution in [1.82, 2.24) is 19.7 Å². The first-order valence-corrected chi connectivity index (χ1v) is 9.60. The summed E-state index contributed by atoms with van der Waals surface area (Å²) in [5.74, 6) is -0.151. The van der Waals surface area contributed by atoms with E-state index in [1.165, 1.54) is 24.4 Å². The summed E-state index contributed by atoms with van der Waals surface area (Å²) in [5.41, 5.74) is 3.92. The van der Waals surface area contributed by atoms with Crippen LogP contribution in [0.15, 0.2) is 59.8 Å². The summed E-state index contributed by atoms with van der Waals surface area (Å²) in [4.78, 5) is 16.1. The molecule has 0 bridgehead atoms. The molecule has 0 aliphatic heterocycles. The van der Waals surface area contributed by atoms with E-state index in [0.29, 0.717) is 5.16 Å². The van der Waals surface area contributed by atoms with E-state index in [1.807, 2.05) is 36.4 Å². The van der Waals surface area contributed by atoms with Gasteiger partial charge in [0.2, 0.25) is 5.16 Å². The molecule has 0 aliphatic rings. The van der Waals surface area contributed by atoms with Gasteiger partial charge in [-0.05, 0) is 18.1 Å². The Labute approximate surface area is 160 Å². The topological polar surface area (TPSA) is 69.9 Å². The van der Waals surface area contributed by atoms with Crippen molar-refractivity contribution in [2.24, 2.45) is 0 Å². The highest BCUT2D eigenvalue weighted by Crippen LogP contribution is 2.27. The number of hydrogen-bond donors (Lipinski definition) is 0. The maximum Gasteiger partial charge on any atom is 0.316 e. The molecule has 0 atom stereocenters. The van der Waals surface area contributed by atoms with E-state index in [-0.39, 0.29) is 11.7 Å². The van der Waals surface area contributed by atoms with Crippen LogP contribution in [0.25, 0.3) is 22.1 Å². The van der Waals surface area contributed by atoms with Crippen LogP contribution in [0.5, 0.6) is 0 Å². The monoisotopic (exact) mass is 378 g/mol. The summed E-state index contributed by atoms with van der Waals surface area (Å²) in [5, 5.41) is 10.1. The third kappa shape index (κ3) is 3.64. The molecule has 0 fully saturated rings. The fourth-order valence-electron chi connectivity index (χ4n) is 3.04. The second-order valence-corrected chi connectivity index (χ2v) is 6.98. The van der Waals surface area contributed by atoms with E-state index in [2.05, 4.69) is 42.7 Å². The Bertz CT molecular complexity index is 1100. The largest absolute Gasteiger partial charge is 0.468 e. The lowest BCUT2D eigenvalue weighted by molar-refractivity contribution is -0.137. The van der Waals surface area contributed by atoms with E-state index in [9.17, 15) is 4.79 Å². The molecule has 4 aromatic rings. The molecule has 2 aromatic heterocycles. The summed E-state index contributed by atoms with van der Waals surface area (Å²) in [7, 11) is 1.37. The number of methoxy groups -OCH3 is 1. The smallest absolute Gasteiger partial charge is 0.316 e. The van der Waals surface area contributed by atoms with Gasteiger partial charge in [0.15, 0.2) is 5.65 Å². The van der Waals surface area contributed by atoms with Gasteiger partial charge >= 0.3 is 5.97 Å². The van der Waals surface area contributed by atoms with Gasteiger partial charge in [-0.3, -0.25) is 4.79 Å². The predicted molar refractivity (Wildman–Crippen MR) is 106 cm³/mol. The lowest BCUT2D eigenvalue weighted by Gasteiger charge is -2.07. The molecule has 0 aliphatic carbocycles. The lowest BCUT2D eigenvalue weighted by atomic mass is 10.1. The number of aryl methyl sites for hydroxylation is 2. The quantitative estimate of drug-likeness (QED) is 0.378. The Kier molecular flexibility index (Phi) is 5.02. The minimum atomic E-state index is -0.312. The highest BCUT2D eigenvalue weighted by Gasteiger charge is 2.15. The number of benzene rings is 2. The van der Waals surface area contributed by atoms with Gasteiger partial charge in [-0.2, -0.15) is 0 Å². The summed E-state index contributed by atoms with van der Waals surface area (Å²) in [6.07, 6.45) is 0.892. The normalized spacial score (nSPS) is 11.1. The van der Waals surface area contributed by atoms with Crippen LogP contribution in [0.2, 0.25) is 0 Å². The van der Waals surface area contributed by atoms with Crippen molar-refractivity contribution in [3.63, 3.8) is 0 Å². The number of thioether (sulfide) groups is 1. The fourth-order valence-corrected chi connectivity index (χ4v) is 3.66. The summed E-state index contributed by atoms with van der Waals surface area (Å²) in [6.45, 7) is 0.786. The number of fused-ring (bicyclic) bond motifs is 3. The average Bonchev–Trinajstić information content (AvgIpc) is 3.04. The van der Waals surface area contributed by atoms with Crippen LogP contribution in [0.3, 0.4) is 0 Å². The Hall–Kier alpha value is -2.93. The molecule has 0 spiro atoms. The highest BCUT2D eigenvalue weighted by atomic mass is 32.2.